The third kappa shape index (κ3) is 8.78. The van der Waals surface area contributed by atoms with Crippen LogP contribution in [0.4, 0.5) is 18.0 Å². The summed E-state index contributed by atoms with van der Waals surface area (Å²) in [6.07, 6.45) is -5.89. The van der Waals surface area contributed by atoms with Crippen molar-refractivity contribution in [2.45, 2.75) is 25.2 Å². The third-order valence-electron chi connectivity index (χ3n) is 4.62. The van der Waals surface area contributed by atoms with E-state index in [1.165, 1.54) is 14.0 Å². The quantitative estimate of drug-likeness (QED) is 0.359. The molecule has 0 aliphatic rings. The number of rotatable bonds is 13. The van der Waals surface area contributed by atoms with Gasteiger partial charge in [-0.3, -0.25) is 0 Å². The smallest absolute Gasteiger partial charge is 0.422 e. The van der Waals surface area contributed by atoms with Crippen molar-refractivity contribution in [1.82, 2.24) is 14.0 Å². The molecule has 0 spiro atoms. The van der Waals surface area contributed by atoms with Gasteiger partial charge in [0.1, 0.15) is 10.6 Å². The van der Waals surface area contributed by atoms with E-state index in [1.807, 2.05) is 0 Å². The van der Waals surface area contributed by atoms with Gasteiger partial charge in [0, 0.05) is 13.3 Å². The first-order valence-electron chi connectivity index (χ1n) is 10.3. The normalized spacial score (nSPS) is 13.7. The zero-order chi connectivity index (χ0) is 27.0. The summed E-state index contributed by atoms with van der Waals surface area (Å²) in [4.78, 5) is 15.3. The lowest BCUT2D eigenvalue weighted by Crippen LogP contribution is -2.52. The van der Waals surface area contributed by atoms with Crippen molar-refractivity contribution < 1.29 is 45.7 Å². The van der Waals surface area contributed by atoms with Gasteiger partial charge >= 0.3 is 22.5 Å². The van der Waals surface area contributed by atoms with Gasteiger partial charge in [0.25, 0.3) is 0 Å². The summed E-state index contributed by atoms with van der Waals surface area (Å²) in [5.41, 5.74) is -2.24. The number of pyridine rings is 1. The van der Waals surface area contributed by atoms with Gasteiger partial charge in [0.2, 0.25) is 5.88 Å². The Morgan fingerprint density at radius 1 is 1.22 bits per heavy atom. The Morgan fingerprint density at radius 2 is 1.89 bits per heavy atom. The van der Waals surface area contributed by atoms with Gasteiger partial charge < -0.3 is 19.3 Å². The van der Waals surface area contributed by atoms with Crippen molar-refractivity contribution in [1.29, 1.82) is 0 Å². The van der Waals surface area contributed by atoms with E-state index in [0.29, 0.717) is 17.8 Å². The first-order chi connectivity index (χ1) is 16.8. The molecule has 1 aromatic heterocycles. The van der Waals surface area contributed by atoms with E-state index in [4.69, 9.17) is 25.8 Å². The molecular formula is C21H25ClF3N3O7S. The fourth-order valence-corrected chi connectivity index (χ4v) is 4.14. The summed E-state index contributed by atoms with van der Waals surface area (Å²) in [7, 11) is -3.16. The van der Waals surface area contributed by atoms with Crippen LogP contribution in [0.15, 0.2) is 42.6 Å². The van der Waals surface area contributed by atoms with Crippen LogP contribution in [0.25, 0.3) is 0 Å². The zero-order valence-corrected chi connectivity index (χ0v) is 20.9. The summed E-state index contributed by atoms with van der Waals surface area (Å²) >= 11 is 5.92. The van der Waals surface area contributed by atoms with Crippen molar-refractivity contribution in [3.63, 3.8) is 0 Å². The first-order valence-corrected chi connectivity index (χ1v) is 12.1. The molecule has 0 radical (unpaired) electrons. The number of aromatic nitrogens is 1. The molecule has 200 valence electrons. The molecule has 1 amide bonds. The van der Waals surface area contributed by atoms with E-state index < -0.39 is 57.6 Å². The van der Waals surface area contributed by atoms with Crippen molar-refractivity contribution in [3.8, 4) is 5.88 Å². The molecule has 0 bridgehead atoms. The number of amides is 1. The third-order valence-corrected chi connectivity index (χ3v) is 6.26. The summed E-state index contributed by atoms with van der Waals surface area (Å²) in [5.74, 6) is -0.402. The zero-order valence-electron chi connectivity index (χ0n) is 19.3. The molecule has 15 heteroatoms. The highest BCUT2D eigenvalue weighted by atomic mass is 35.5. The van der Waals surface area contributed by atoms with Crippen LogP contribution < -0.4 is 9.46 Å². The Hall–Kier alpha value is -2.65. The second kappa shape index (κ2) is 12.5. The molecular weight excluding hydrogens is 531 g/mol. The molecule has 0 fully saturated rings. The molecule has 0 aliphatic carbocycles. The molecule has 2 aromatic rings. The van der Waals surface area contributed by atoms with Gasteiger partial charge in [-0.1, -0.05) is 41.9 Å². The maximum absolute atomic E-state index is 12.9. The van der Waals surface area contributed by atoms with Crippen LogP contribution in [0, 0.1) is 0 Å². The number of hydrogen-bond donors (Lipinski definition) is 2. The average Bonchev–Trinajstić information content (AvgIpc) is 2.80. The highest BCUT2D eigenvalue weighted by Crippen LogP contribution is 2.34. The van der Waals surface area contributed by atoms with Crippen LogP contribution in [0.3, 0.4) is 0 Å². The van der Waals surface area contributed by atoms with Gasteiger partial charge in [-0.25, -0.2) is 9.78 Å². The first kappa shape index (κ1) is 29.6. The topological polar surface area (TPSA) is 127 Å². The minimum atomic E-state index is -4.68. The number of benzene rings is 1. The molecule has 0 aliphatic heterocycles. The maximum atomic E-state index is 12.9. The number of methoxy groups -OCH3 is 1. The summed E-state index contributed by atoms with van der Waals surface area (Å²) in [6, 6.07) is 8.67. The standard InChI is InChI=1S/C21H25ClF3N3O7S/c1-20(14-34-9-8-33-2,35-18-17(22)10-16(11-26-18)21(23,24)25)13-27-36(31,32)28(19(29)30)12-15-6-4-3-5-7-15/h3-7,10-11,27H,8-9,12-14H2,1-2H3,(H,29,30). The number of nitrogens with zero attached hydrogens (tertiary/aromatic N) is 2. The Kier molecular flexibility index (Phi) is 10.3. The van der Waals surface area contributed by atoms with E-state index in [1.54, 1.807) is 30.3 Å². The molecule has 1 unspecified atom stereocenters. The van der Waals surface area contributed by atoms with Gasteiger partial charge in [-0.05, 0) is 18.6 Å². The van der Waals surface area contributed by atoms with Gasteiger partial charge in [-0.15, -0.1) is 0 Å². The molecule has 2 rings (SSSR count). The average molecular weight is 556 g/mol. The summed E-state index contributed by atoms with van der Waals surface area (Å²) in [5, 5.41) is 9.02. The second-order valence-electron chi connectivity index (χ2n) is 7.71. The number of alkyl halides is 3. The van der Waals surface area contributed by atoms with E-state index >= 15 is 0 Å². The molecule has 1 atom stereocenters. The van der Waals surface area contributed by atoms with E-state index in [-0.39, 0.29) is 24.1 Å². The van der Waals surface area contributed by atoms with Crippen LogP contribution in [0.2, 0.25) is 5.02 Å². The van der Waals surface area contributed by atoms with Crippen LogP contribution in [-0.4, -0.2) is 68.0 Å². The predicted octanol–water partition coefficient (Wildman–Crippen LogP) is 3.57. The molecule has 2 N–H and O–H groups in total. The minimum Gasteiger partial charge on any atom is -0.466 e. The largest absolute Gasteiger partial charge is 0.466 e. The monoisotopic (exact) mass is 555 g/mol. The van der Waals surface area contributed by atoms with Crippen molar-refractivity contribution in [2.24, 2.45) is 0 Å². The lowest BCUT2D eigenvalue weighted by atomic mass is 10.1. The van der Waals surface area contributed by atoms with Crippen LogP contribution in [0.5, 0.6) is 5.88 Å². The number of carboxylic acid groups (broad SMARTS) is 1. The highest BCUT2D eigenvalue weighted by molar-refractivity contribution is 7.87. The van der Waals surface area contributed by atoms with Gasteiger partial charge in [0.15, 0.2) is 0 Å². The number of hydrogen-bond acceptors (Lipinski definition) is 7. The Morgan fingerprint density at radius 3 is 2.44 bits per heavy atom. The second-order valence-corrected chi connectivity index (χ2v) is 9.79. The van der Waals surface area contributed by atoms with Crippen molar-refractivity contribution >= 4 is 27.9 Å². The Labute approximate surface area is 211 Å². The summed E-state index contributed by atoms with van der Waals surface area (Å²) in [6.45, 7) is 0.403. The summed E-state index contributed by atoms with van der Waals surface area (Å²) < 4.78 is 82.8. The van der Waals surface area contributed by atoms with Gasteiger partial charge in [0.05, 0.1) is 38.5 Å². The molecule has 1 heterocycles. The number of nitrogens with one attached hydrogen (secondary N) is 1. The maximum Gasteiger partial charge on any atom is 0.422 e. The number of halogens is 4. The molecule has 0 saturated carbocycles. The minimum absolute atomic E-state index is 0.0889. The van der Waals surface area contributed by atoms with Crippen LogP contribution in [-0.2, 0) is 32.4 Å². The molecule has 36 heavy (non-hydrogen) atoms. The van der Waals surface area contributed by atoms with Crippen LogP contribution in [0.1, 0.15) is 18.1 Å². The number of carbonyl (C=O) groups is 1. The number of ether oxygens (including phenoxy) is 3. The van der Waals surface area contributed by atoms with Crippen molar-refractivity contribution in [2.75, 3.05) is 33.5 Å². The van der Waals surface area contributed by atoms with E-state index in [0.717, 1.165) is 0 Å². The molecule has 10 nitrogen and oxygen atoms in total. The van der Waals surface area contributed by atoms with Crippen molar-refractivity contribution in [3.05, 3.63) is 58.7 Å². The molecule has 1 aromatic carbocycles. The lowest BCUT2D eigenvalue weighted by Gasteiger charge is -2.31. The van der Waals surface area contributed by atoms with E-state index in [2.05, 4.69) is 9.71 Å². The molecule has 0 saturated heterocycles. The van der Waals surface area contributed by atoms with Gasteiger partial charge in [-0.2, -0.15) is 30.6 Å². The highest BCUT2D eigenvalue weighted by Gasteiger charge is 2.36. The SMILES string of the molecule is COCCOCC(C)(CNS(=O)(=O)N(Cc1ccccc1)C(=O)O)Oc1ncc(C(F)(F)F)cc1Cl. The lowest BCUT2D eigenvalue weighted by molar-refractivity contribution is -0.137. The predicted molar refractivity (Wildman–Crippen MR) is 123 cm³/mol. The fraction of sp³-hybridized carbons (Fsp3) is 0.429. The Bertz CT molecular complexity index is 1120. The Balaban J connectivity index is 2.24. The van der Waals surface area contributed by atoms with Crippen LogP contribution >= 0.6 is 11.6 Å². The fourth-order valence-electron chi connectivity index (χ4n) is 2.76. The van der Waals surface area contributed by atoms with E-state index in [9.17, 15) is 31.5 Å².